The predicted octanol–water partition coefficient (Wildman–Crippen LogP) is 2.85. The molecule has 6 heteroatoms. The smallest absolute Gasteiger partial charge is 0.135 e. The Kier molecular flexibility index (Phi) is 3.49. The fraction of sp³-hybridized carbons (Fsp3) is 0.250. The van der Waals surface area contributed by atoms with E-state index in [0.29, 0.717) is 10.2 Å². The molecular weight excluding hydrogens is 306 g/mol. The van der Waals surface area contributed by atoms with Crippen LogP contribution in [0.3, 0.4) is 0 Å². The van der Waals surface area contributed by atoms with Crippen LogP contribution in [0.5, 0.6) is 0 Å². The van der Waals surface area contributed by atoms with Crippen molar-refractivity contribution in [2.24, 2.45) is 7.05 Å². The highest BCUT2D eigenvalue weighted by Gasteiger charge is 2.25. The minimum Gasteiger partial charge on any atom is -0.382 e. The van der Waals surface area contributed by atoms with Gasteiger partial charge in [0.2, 0.25) is 0 Å². The van der Waals surface area contributed by atoms with Crippen LogP contribution in [-0.4, -0.2) is 14.9 Å². The summed E-state index contributed by atoms with van der Waals surface area (Å²) in [4.78, 5) is 0. The number of rotatable bonds is 2. The molecule has 0 amide bonds. The normalized spacial score (nSPS) is 12.8. The average Bonchev–Trinajstić information content (AvgIpc) is 2.64. The van der Waals surface area contributed by atoms with Gasteiger partial charge in [0.05, 0.1) is 21.9 Å². The Labute approximate surface area is 111 Å². The van der Waals surface area contributed by atoms with Crippen LogP contribution >= 0.6 is 15.9 Å². The maximum Gasteiger partial charge on any atom is 0.135 e. The van der Waals surface area contributed by atoms with Crippen molar-refractivity contribution in [3.63, 3.8) is 0 Å². The van der Waals surface area contributed by atoms with Gasteiger partial charge in [-0.05, 0) is 34.5 Å². The molecule has 0 bridgehead atoms. The lowest BCUT2D eigenvalue weighted by atomic mass is 10.0. The fourth-order valence-corrected chi connectivity index (χ4v) is 2.36. The van der Waals surface area contributed by atoms with E-state index in [1.807, 2.05) is 0 Å². The molecule has 18 heavy (non-hydrogen) atoms. The number of aromatic nitrogens is 2. The Balaban J connectivity index is 2.60. The van der Waals surface area contributed by atoms with Crippen LogP contribution < -0.4 is 0 Å². The molecule has 3 nitrogen and oxygen atoms in total. The first-order valence-corrected chi connectivity index (χ1v) is 6.02. The molecule has 0 aliphatic carbocycles. The second-order valence-electron chi connectivity index (χ2n) is 4.00. The minimum atomic E-state index is -1.41. The van der Waals surface area contributed by atoms with Gasteiger partial charge in [0.15, 0.2) is 0 Å². The average molecular weight is 317 g/mol. The van der Waals surface area contributed by atoms with Crippen molar-refractivity contribution in [1.29, 1.82) is 0 Å². The van der Waals surface area contributed by atoms with Crippen LogP contribution in [0.15, 0.2) is 22.8 Å². The Morgan fingerprint density at radius 2 is 2.06 bits per heavy atom. The Bertz CT molecular complexity index is 579. The zero-order valence-corrected chi connectivity index (χ0v) is 11.4. The van der Waals surface area contributed by atoms with Gasteiger partial charge in [0.1, 0.15) is 17.7 Å². The zero-order chi connectivity index (χ0) is 13.4. The summed E-state index contributed by atoms with van der Waals surface area (Å²) < 4.78 is 29.5. The highest BCUT2D eigenvalue weighted by molar-refractivity contribution is 9.10. The van der Waals surface area contributed by atoms with Crippen molar-refractivity contribution >= 4 is 15.9 Å². The van der Waals surface area contributed by atoms with Gasteiger partial charge in [-0.25, -0.2) is 8.78 Å². The number of benzene rings is 1. The van der Waals surface area contributed by atoms with E-state index in [2.05, 4.69) is 21.0 Å². The molecule has 2 aromatic rings. The minimum absolute atomic E-state index is 0.281. The van der Waals surface area contributed by atoms with E-state index in [-0.39, 0.29) is 11.1 Å². The predicted molar refractivity (Wildman–Crippen MR) is 66.1 cm³/mol. The summed E-state index contributed by atoms with van der Waals surface area (Å²) in [6.45, 7) is 1.52. The summed E-state index contributed by atoms with van der Waals surface area (Å²) in [5, 5.41) is 14.1. The largest absolute Gasteiger partial charge is 0.382 e. The van der Waals surface area contributed by atoms with Crippen molar-refractivity contribution < 1.29 is 13.9 Å². The van der Waals surface area contributed by atoms with Crippen LogP contribution in [0, 0.1) is 18.6 Å². The lowest BCUT2D eigenvalue weighted by Gasteiger charge is -2.15. The second-order valence-corrected chi connectivity index (χ2v) is 4.85. The summed E-state index contributed by atoms with van der Waals surface area (Å²) in [5.74, 6) is -1.52. The first-order chi connectivity index (χ1) is 8.43. The lowest BCUT2D eigenvalue weighted by Crippen LogP contribution is -2.11. The third-order valence-electron chi connectivity index (χ3n) is 2.79. The van der Waals surface area contributed by atoms with Crippen molar-refractivity contribution in [2.45, 2.75) is 13.0 Å². The fourth-order valence-electron chi connectivity index (χ4n) is 1.79. The molecule has 0 saturated carbocycles. The maximum atomic E-state index is 13.9. The monoisotopic (exact) mass is 316 g/mol. The third kappa shape index (κ3) is 2.06. The summed E-state index contributed by atoms with van der Waals surface area (Å²) in [6.07, 6.45) is 0.0521. The van der Waals surface area contributed by atoms with Crippen LogP contribution in [0.4, 0.5) is 8.78 Å². The molecule has 0 spiro atoms. The van der Waals surface area contributed by atoms with Crippen LogP contribution in [-0.2, 0) is 7.05 Å². The van der Waals surface area contributed by atoms with E-state index in [9.17, 15) is 13.9 Å². The zero-order valence-electron chi connectivity index (χ0n) is 9.78. The standard InChI is InChI=1S/C12H11BrF2N2O/c1-6-3-4-8(14)9(10(6)15)12(18)11-7(13)5-16-17(11)2/h3-5,12,18H,1-2H3. The Morgan fingerprint density at radius 1 is 1.39 bits per heavy atom. The van der Waals surface area contributed by atoms with Gasteiger partial charge in [-0.15, -0.1) is 0 Å². The number of halogens is 3. The summed E-state index contributed by atoms with van der Waals surface area (Å²) in [7, 11) is 1.59. The van der Waals surface area contributed by atoms with Gasteiger partial charge in [-0.3, -0.25) is 4.68 Å². The quantitative estimate of drug-likeness (QED) is 0.925. The van der Waals surface area contributed by atoms with E-state index in [4.69, 9.17) is 0 Å². The molecule has 2 rings (SSSR count). The topological polar surface area (TPSA) is 38.1 Å². The van der Waals surface area contributed by atoms with Crippen molar-refractivity contribution in [1.82, 2.24) is 9.78 Å². The highest BCUT2D eigenvalue weighted by atomic mass is 79.9. The molecule has 0 fully saturated rings. The molecule has 1 N–H and O–H groups in total. The molecule has 0 aliphatic rings. The van der Waals surface area contributed by atoms with Gasteiger partial charge in [-0.2, -0.15) is 5.10 Å². The molecule has 1 unspecified atom stereocenters. The first kappa shape index (κ1) is 13.2. The molecule has 96 valence electrons. The van der Waals surface area contributed by atoms with Crippen LogP contribution in [0.25, 0.3) is 0 Å². The molecule has 0 aliphatic heterocycles. The summed E-state index contributed by atoms with van der Waals surface area (Å²) in [6, 6.07) is 2.47. The number of hydrogen-bond donors (Lipinski definition) is 1. The lowest BCUT2D eigenvalue weighted by molar-refractivity contribution is 0.198. The summed E-state index contributed by atoms with van der Waals surface area (Å²) in [5.41, 5.74) is 0.224. The van der Waals surface area contributed by atoms with Crippen molar-refractivity contribution in [3.05, 3.63) is 51.3 Å². The van der Waals surface area contributed by atoms with Crippen molar-refractivity contribution in [3.8, 4) is 0 Å². The molecule has 0 radical (unpaired) electrons. The van der Waals surface area contributed by atoms with Crippen LogP contribution in [0.1, 0.15) is 22.9 Å². The van der Waals surface area contributed by atoms with Gasteiger partial charge in [-0.1, -0.05) is 6.07 Å². The van der Waals surface area contributed by atoms with E-state index < -0.39 is 17.7 Å². The molecular formula is C12H11BrF2N2O. The third-order valence-corrected chi connectivity index (χ3v) is 3.40. The second kappa shape index (κ2) is 4.78. The summed E-state index contributed by atoms with van der Waals surface area (Å²) >= 11 is 3.19. The molecule has 1 heterocycles. The Hall–Kier alpha value is -1.27. The van der Waals surface area contributed by atoms with Gasteiger partial charge in [0.25, 0.3) is 0 Å². The van der Waals surface area contributed by atoms with Gasteiger partial charge >= 0.3 is 0 Å². The van der Waals surface area contributed by atoms with E-state index in [0.717, 1.165) is 6.07 Å². The Morgan fingerprint density at radius 3 is 2.61 bits per heavy atom. The number of aryl methyl sites for hydroxylation is 2. The molecule has 1 atom stereocenters. The van der Waals surface area contributed by atoms with Gasteiger partial charge in [0, 0.05) is 7.05 Å². The molecule has 1 aromatic heterocycles. The van der Waals surface area contributed by atoms with Crippen molar-refractivity contribution in [2.75, 3.05) is 0 Å². The van der Waals surface area contributed by atoms with Crippen LogP contribution in [0.2, 0.25) is 0 Å². The maximum absolute atomic E-state index is 13.9. The highest BCUT2D eigenvalue weighted by Crippen LogP contribution is 2.31. The molecule has 1 aromatic carbocycles. The number of nitrogens with zero attached hydrogens (tertiary/aromatic N) is 2. The van der Waals surface area contributed by atoms with E-state index in [1.54, 1.807) is 7.05 Å². The van der Waals surface area contributed by atoms with Gasteiger partial charge < -0.3 is 5.11 Å². The first-order valence-electron chi connectivity index (χ1n) is 5.23. The number of aliphatic hydroxyl groups excluding tert-OH is 1. The number of hydrogen-bond acceptors (Lipinski definition) is 2. The van der Waals surface area contributed by atoms with E-state index in [1.165, 1.54) is 23.9 Å². The SMILES string of the molecule is Cc1ccc(F)c(C(O)c2c(Br)cnn2C)c1F. The molecule has 0 saturated heterocycles. The number of aliphatic hydroxyl groups is 1. The van der Waals surface area contributed by atoms with E-state index >= 15 is 0 Å².